The smallest absolute Gasteiger partial charge is 0.293 e. The van der Waals surface area contributed by atoms with Crippen LogP contribution in [0, 0.1) is 6.92 Å². The summed E-state index contributed by atoms with van der Waals surface area (Å²) in [5.41, 5.74) is 9.22. The van der Waals surface area contributed by atoms with Crippen molar-refractivity contribution >= 4 is 28.1 Å². The Hall–Kier alpha value is -2.88. The number of hydrogen-bond donors (Lipinski definition) is 2. The second kappa shape index (κ2) is 12.4. The average molecular weight is 479 g/mol. The maximum absolute atomic E-state index is 11.7. The van der Waals surface area contributed by atoms with Crippen LogP contribution in [0.4, 0.5) is 11.8 Å². The largest absolute Gasteiger partial charge is 0.496 e. The topological polar surface area (TPSA) is 134 Å². The number of nitrogens with zero attached hydrogens (tertiary/aromatic N) is 2. The number of hydrogen-bond acceptors (Lipinski definition) is 9. The molecular formula is C23H34N4O5S. The number of anilines is 2. The van der Waals surface area contributed by atoms with E-state index in [0.717, 1.165) is 41.6 Å². The van der Waals surface area contributed by atoms with Crippen molar-refractivity contribution in [2.45, 2.75) is 58.6 Å². The second-order valence-corrected chi connectivity index (χ2v) is 10.4. The maximum Gasteiger partial charge on any atom is 0.293 e. The number of carbonyl (C=O) groups is 1. The van der Waals surface area contributed by atoms with E-state index in [2.05, 4.69) is 22.2 Å². The Morgan fingerprint density at radius 2 is 2.00 bits per heavy atom. The number of methoxy groups -OCH3 is 1. The molecule has 1 atom stereocenters. The number of benzene rings is 1. The molecule has 0 spiro atoms. The Labute approximate surface area is 196 Å². The minimum atomic E-state index is -3.08. The van der Waals surface area contributed by atoms with Crippen LogP contribution >= 0.6 is 0 Å². The summed E-state index contributed by atoms with van der Waals surface area (Å²) >= 11 is 0. The van der Waals surface area contributed by atoms with Gasteiger partial charge in [0.25, 0.3) is 6.47 Å². The molecule has 0 aliphatic rings. The van der Waals surface area contributed by atoms with E-state index in [4.69, 9.17) is 15.2 Å². The van der Waals surface area contributed by atoms with Crippen LogP contribution in [0.3, 0.4) is 0 Å². The SMILES string of the molecule is CCCC[C@@H](CCS(C)(=O)=O)Nc1nc(N)nc(C)c1Cc1cc(COC=O)ccc1OC. The highest BCUT2D eigenvalue weighted by Gasteiger charge is 2.19. The molecule has 0 aliphatic carbocycles. The van der Waals surface area contributed by atoms with Gasteiger partial charge in [-0.2, -0.15) is 4.98 Å². The lowest BCUT2D eigenvalue weighted by Gasteiger charge is -2.22. The van der Waals surface area contributed by atoms with Crippen LogP contribution in [-0.4, -0.2) is 50.0 Å². The fraction of sp³-hybridized carbons (Fsp3) is 0.522. The second-order valence-electron chi connectivity index (χ2n) is 8.13. The van der Waals surface area contributed by atoms with Gasteiger partial charge in [0.15, 0.2) is 0 Å². The zero-order chi connectivity index (χ0) is 24.4. The Morgan fingerprint density at radius 3 is 2.64 bits per heavy atom. The molecule has 1 aromatic carbocycles. The van der Waals surface area contributed by atoms with E-state index in [9.17, 15) is 13.2 Å². The molecular weight excluding hydrogens is 444 g/mol. The van der Waals surface area contributed by atoms with Crippen molar-refractivity contribution in [1.29, 1.82) is 0 Å². The Balaban J connectivity index is 2.39. The van der Waals surface area contributed by atoms with Gasteiger partial charge in [0.1, 0.15) is 28.0 Å². The third-order valence-corrected chi connectivity index (χ3v) is 6.32. The molecule has 0 saturated carbocycles. The molecule has 0 bridgehead atoms. The highest BCUT2D eigenvalue weighted by molar-refractivity contribution is 7.90. The molecule has 0 amide bonds. The number of carbonyl (C=O) groups excluding carboxylic acids is 1. The highest BCUT2D eigenvalue weighted by atomic mass is 32.2. The normalized spacial score (nSPS) is 12.2. The summed E-state index contributed by atoms with van der Waals surface area (Å²) in [5, 5.41) is 3.44. The van der Waals surface area contributed by atoms with Crippen LogP contribution in [0.15, 0.2) is 18.2 Å². The van der Waals surface area contributed by atoms with E-state index in [1.54, 1.807) is 7.11 Å². The fourth-order valence-corrected chi connectivity index (χ4v) is 4.33. The van der Waals surface area contributed by atoms with Crippen LogP contribution in [0.2, 0.25) is 0 Å². The number of aryl methyl sites for hydroxylation is 1. The van der Waals surface area contributed by atoms with Crippen LogP contribution in [0.1, 0.15) is 55.0 Å². The van der Waals surface area contributed by atoms with Gasteiger partial charge in [-0.3, -0.25) is 4.79 Å². The van der Waals surface area contributed by atoms with Gasteiger partial charge in [-0.1, -0.05) is 25.8 Å². The van der Waals surface area contributed by atoms with Crippen molar-refractivity contribution in [3.8, 4) is 5.75 Å². The van der Waals surface area contributed by atoms with Gasteiger partial charge in [-0.25, -0.2) is 13.4 Å². The van der Waals surface area contributed by atoms with Crippen molar-refractivity contribution in [2.24, 2.45) is 0 Å². The highest BCUT2D eigenvalue weighted by Crippen LogP contribution is 2.28. The van der Waals surface area contributed by atoms with Crippen LogP contribution in [0.5, 0.6) is 5.75 Å². The number of nitrogens with one attached hydrogen (secondary N) is 1. The van der Waals surface area contributed by atoms with E-state index >= 15 is 0 Å². The van der Waals surface area contributed by atoms with Crippen LogP contribution in [0.25, 0.3) is 0 Å². The summed E-state index contributed by atoms with van der Waals surface area (Å²) in [5.74, 6) is 1.52. The van der Waals surface area contributed by atoms with Crippen LogP contribution < -0.4 is 15.8 Å². The van der Waals surface area contributed by atoms with Gasteiger partial charge < -0.3 is 20.5 Å². The minimum Gasteiger partial charge on any atom is -0.496 e. The lowest BCUT2D eigenvalue weighted by atomic mass is 10.00. The van der Waals surface area contributed by atoms with Gasteiger partial charge in [0.2, 0.25) is 5.95 Å². The number of unbranched alkanes of at least 4 members (excludes halogenated alkanes) is 1. The number of sulfone groups is 1. The van der Waals surface area contributed by atoms with Gasteiger partial charge >= 0.3 is 0 Å². The molecule has 0 radical (unpaired) electrons. The molecule has 0 saturated heterocycles. The first kappa shape index (κ1) is 26.4. The van der Waals surface area contributed by atoms with E-state index in [-0.39, 0.29) is 24.3 Å². The van der Waals surface area contributed by atoms with E-state index in [1.807, 2.05) is 25.1 Å². The molecule has 182 valence electrons. The van der Waals surface area contributed by atoms with Crippen molar-refractivity contribution in [3.05, 3.63) is 40.6 Å². The first-order valence-corrected chi connectivity index (χ1v) is 13.0. The van der Waals surface area contributed by atoms with Gasteiger partial charge in [0, 0.05) is 30.0 Å². The predicted octanol–water partition coefficient (Wildman–Crippen LogP) is 3.05. The molecule has 9 nitrogen and oxygen atoms in total. The number of nitrogens with two attached hydrogens (primary N) is 1. The molecule has 0 aliphatic heterocycles. The molecule has 1 aromatic heterocycles. The van der Waals surface area contributed by atoms with Crippen molar-refractivity contribution < 1.29 is 22.7 Å². The van der Waals surface area contributed by atoms with Crippen molar-refractivity contribution in [3.63, 3.8) is 0 Å². The molecule has 0 fully saturated rings. The minimum absolute atomic E-state index is 0.0682. The maximum atomic E-state index is 11.7. The van der Waals surface area contributed by atoms with E-state index in [1.165, 1.54) is 6.26 Å². The van der Waals surface area contributed by atoms with E-state index < -0.39 is 9.84 Å². The van der Waals surface area contributed by atoms with E-state index in [0.29, 0.717) is 30.9 Å². The summed E-state index contributed by atoms with van der Waals surface area (Å²) in [6.07, 6.45) is 4.96. The monoisotopic (exact) mass is 478 g/mol. The third kappa shape index (κ3) is 8.53. The lowest BCUT2D eigenvalue weighted by Crippen LogP contribution is -2.25. The summed E-state index contributed by atoms with van der Waals surface area (Å²) in [7, 11) is -1.49. The number of ether oxygens (including phenoxy) is 2. The fourth-order valence-electron chi connectivity index (χ4n) is 3.62. The summed E-state index contributed by atoms with van der Waals surface area (Å²) in [4.78, 5) is 19.3. The number of nitrogen functional groups attached to an aromatic ring is 1. The molecule has 2 aromatic rings. The molecule has 33 heavy (non-hydrogen) atoms. The predicted molar refractivity (Wildman–Crippen MR) is 129 cm³/mol. The molecule has 2 rings (SSSR count). The molecule has 1 heterocycles. The summed E-state index contributed by atoms with van der Waals surface area (Å²) < 4.78 is 33.9. The average Bonchev–Trinajstić information content (AvgIpc) is 2.75. The van der Waals surface area contributed by atoms with Gasteiger partial charge in [-0.05, 0) is 43.0 Å². The number of rotatable bonds is 14. The van der Waals surface area contributed by atoms with Crippen molar-refractivity contribution in [2.75, 3.05) is 30.2 Å². The lowest BCUT2D eigenvalue weighted by molar-refractivity contribution is -0.129. The van der Waals surface area contributed by atoms with Crippen LogP contribution in [-0.2, 0) is 32.4 Å². The van der Waals surface area contributed by atoms with Gasteiger partial charge in [0.05, 0.1) is 12.9 Å². The zero-order valence-corrected chi connectivity index (χ0v) is 20.6. The standard InChI is InChI=1S/C23H34N4O5S/c1-5-6-7-19(10-11-33(4,29)30)26-22-20(16(2)25-23(24)27-22)13-18-12-17(14-32-15-28)8-9-21(18)31-3/h8-9,12,15,19H,5-7,10-11,13-14H2,1-4H3,(H3,24,25,26,27)/t19-/m0/s1. The Kier molecular flexibility index (Phi) is 9.90. The zero-order valence-electron chi connectivity index (χ0n) is 19.8. The third-order valence-electron chi connectivity index (χ3n) is 5.35. The molecule has 10 heteroatoms. The van der Waals surface area contributed by atoms with Gasteiger partial charge in [-0.15, -0.1) is 0 Å². The molecule has 3 N–H and O–H groups in total. The summed E-state index contributed by atoms with van der Waals surface area (Å²) in [6, 6.07) is 5.51. The first-order chi connectivity index (χ1) is 15.7. The first-order valence-electron chi connectivity index (χ1n) is 10.9. The Bertz CT molecular complexity index is 1040. The quantitative estimate of drug-likeness (QED) is 0.393. The Morgan fingerprint density at radius 1 is 1.24 bits per heavy atom. The summed E-state index contributed by atoms with van der Waals surface area (Å²) in [6.45, 7) is 4.53. The molecule has 0 unspecified atom stereocenters. The number of aromatic nitrogens is 2. The van der Waals surface area contributed by atoms with Crippen molar-refractivity contribution in [1.82, 2.24) is 9.97 Å².